The monoisotopic (exact) mass is 303 g/mol. The Morgan fingerprint density at radius 1 is 1.18 bits per heavy atom. The third-order valence-corrected chi connectivity index (χ3v) is 2.91. The highest BCUT2D eigenvalue weighted by molar-refractivity contribution is 5.78. The van der Waals surface area contributed by atoms with Crippen LogP contribution in [0, 0.1) is 18.3 Å². The van der Waals surface area contributed by atoms with Gasteiger partial charge in [-0.05, 0) is 25.0 Å². The van der Waals surface area contributed by atoms with Crippen LogP contribution >= 0.6 is 0 Å². The highest BCUT2D eigenvalue weighted by atomic mass is 16.5. The van der Waals surface area contributed by atoms with Crippen LogP contribution in [0.15, 0.2) is 24.3 Å². The van der Waals surface area contributed by atoms with Crippen molar-refractivity contribution in [3.63, 3.8) is 0 Å². The van der Waals surface area contributed by atoms with Gasteiger partial charge in [-0.25, -0.2) is 0 Å². The molecule has 1 aromatic rings. The molecule has 22 heavy (non-hydrogen) atoms. The fourth-order valence-corrected chi connectivity index (χ4v) is 1.76. The zero-order chi connectivity index (χ0) is 16.2. The number of nitrogens with zero attached hydrogens (tertiary/aromatic N) is 1. The summed E-state index contributed by atoms with van der Waals surface area (Å²) in [6, 6.07) is 9.49. The van der Waals surface area contributed by atoms with E-state index in [4.69, 9.17) is 10.00 Å². The van der Waals surface area contributed by atoms with Crippen LogP contribution in [0.25, 0.3) is 0 Å². The Morgan fingerprint density at radius 2 is 1.86 bits per heavy atom. The maximum Gasteiger partial charge on any atom is 0.234 e. The summed E-state index contributed by atoms with van der Waals surface area (Å²) in [5.74, 6) is 0.425. The quantitative estimate of drug-likeness (QED) is 0.673. The molecule has 0 spiro atoms. The Morgan fingerprint density at radius 3 is 2.55 bits per heavy atom. The summed E-state index contributed by atoms with van der Waals surface area (Å²) in [6.45, 7) is 3.14. The van der Waals surface area contributed by atoms with E-state index in [0.717, 1.165) is 11.3 Å². The first-order valence-corrected chi connectivity index (χ1v) is 7.22. The Balaban J connectivity index is 2.05. The van der Waals surface area contributed by atoms with Gasteiger partial charge in [0.25, 0.3) is 0 Å². The van der Waals surface area contributed by atoms with E-state index in [1.807, 2.05) is 31.2 Å². The molecule has 0 aliphatic carbocycles. The van der Waals surface area contributed by atoms with Crippen LogP contribution in [0.2, 0.25) is 0 Å². The van der Waals surface area contributed by atoms with Gasteiger partial charge < -0.3 is 15.4 Å². The summed E-state index contributed by atoms with van der Waals surface area (Å²) in [4.78, 5) is 22.6. The van der Waals surface area contributed by atoms with Crippen molar-refractivity contribution in [1.82, 2.24) is 10.6 Å². The lowest BCUT2D eigenvalue weighted by Gasteiger charge is -2.09. The molecule has 0 saturated carbocycles. The summed E-state index contributed by atoms with van der Waals surface area (Å²) in [7, 11) is 0. The number of ether oxygens (including phenoxy) is 1. The van der Waals surface area contributed by atoms with Gasteiger partial charge in [-0.1, -0.05) is 18.2 Å². The summed E-state index contributed by atoms with van der Waals surface area (Å²) in [5, 5.41) is 13.5. The van der Waals surface area contributed by atoms with E-state index in [-0.39, 0.29) is 18.2 Å². The summed E-state index contributed by atoms with van der Waals surface area (Å²) < 4.78 is 5.60. The molecule has 0 bridgehead atoms. The number of para-hydroxylation sites is 1. The van der Waals surface area contributed by atoms with Gasteiger partial charge in [0.15, 0.2) is 0 Å². The summed E-state index contributed by atoms with van der Waals surface area (Å²) in [5.41, 5.74) is 1.07. The first kappa shape index (κ1) is 17.5. The Labute approximate surface area is 130 Å². The smallest absolute Gasteiger partial charge is 0.234 e. The van der Waals surface area contributed by atoms with Crippen LogP contribution in [-0.2, 0) is 9.59 Å². The van der Waals surface area contributed by atoms with Gasteiger partial charge in [-0.15, -0.1) is 0 Å². The van der Waals surface area contributed by atoms with Crippen molar-refractivity contribution in [2.75, 3.05) is 19.7 Å². The molecule has 0 radical (unpaired) electrons. The number of aryl methyl sites for hydroxylation is 1. The minimum Gasteiger partial charge on any atom is -0.493 e. The van der Waals surface area contributed by atoms with Gasteiger partial charge >= 0.3 is 0 Å². The number of hydrogen-bond acceptors (Lipinski definition) is 4. The second kappa shape index (κ2) is 10.2. The molecule has 0 aromatic heterocycles. The van der Waals surface area contributed by atoms with Crippen molar-refractivity contribution in [3.8, 4) is 11.8 Å². The Hall–Kier alpha value is -2.55. The molecular weight excluding hydrogens is 282 g/mol. The molecule has 6 heteroatoms. The standard InChI is InChI=1S/C16H21N3O3/c1-13-5-2-3-6-14(13)22-12-4-7-15(20)18-10-11-19-16(21)8-9-17/h2-3,5-6H,4,7-8,10-12H2,1H3,(H,18,20)(H,19,21). The van der Waals surface area contributed by atoms with E-state index < -0.39 is 0 Å². The predicted molar refractivity (Wildman–Crippen MR) is 82.2 cm³/mol. The van der Waals surface area contributed by atoms with Crippen LogP contribution in [0.1, 0.15) is 24.8 Å². The van der Waals surface area contributed by atoms with Crippen LogP contribution in [0.3, 0.4) is 0 Å². The first-order chi connectivity index (χ1) is 10.6. The molecule has 0 heterocycles. The average molecular weight is 303 g/mol. The van der Waals surface area contributed by atoms with E-state index in [2.05, 4.69) is 10.6 Å². The molecule has 2 amide bonds. The van der Waals surface area contributed by atoms with Gasteiger partial charge in [0.05, 0.1) is 12.7 Å². The SMILES string of the molecule is Cc1ccccc1OCCCC(=O)NCCNC(=O)CC#N. The predicted octanol–water partition coefficient (Wildman–Crippen LogP) is 1.30. The maximum absolute atomic E-state index is 11.6. The number of amides is 2. The van der Waals surface area contributed by atoms with E-state index >= 15 is 0 Å². The van der Waals surface area contributed by atoms with Crippen LogP contribution in [0.4, 0.5) is 0 Å². The zero-order valence-corrected chi connectivity index (χ0v) is 12.7. The molecule has 1 aromatic carbocycles. The van der Waals surface area contributed by atoms with E-state index in [1.54, 1.807) is 6.07 Å². The van der Waals surface area contributed by atoms with Gasteiger partial charge in [-0.3, -0.25) is 9.59 Å². The molecule has 0 saturated heterocycles. The third kappa shape index (κ3) is 7.29. The van der Waals surface area contributed by atoms with Gasteiger partial charge in [-0.2, -0.15) is 5.26 Å². The second-order valence-corrected chi connectivity index (χ2v) is 4.75. The number of nitrogens with one attached hydrogen (secondary N) is 2. The van der Waals surface area contributed by atoms with Crippen molar-refractivity contribution in [1.29, 1.82) is 5.26 Å². The molecule has 2 N–H and O–H groups in total. The molecule has 0 unspecified atom stereocenters. The second-order valence-electron chi connectivity index (χ2n) is 4.75. The number of benzene rings is 1. The summed E-state index contributed by atoms with van der Waals surface area (Å²) >= 11 is 0. The van der Waals surface area contributed by atoms with E-state index in [1.165, 1.54) is 0 Å². The molecule has 6 nitrogen and oxygen atoms in total. The summed E-state index contributed by atoms with van der Waals surface area (Å²) in [6.07, 6.45) is 0.836. The fourth-order valence-electron chi connectivity index (χ4n) is 1.76. The number of carbonyl (C=O) groups is 2. The molecule has 0 atom stereocenters. The highest BCUT2D eigenvalue weighted by Crippen LogP contribution is 2.16. The average Bonchev–Trinajstić information content (AvgIpc) is 2.50. The first-order valence-electron chi connectivity index (χ1n) is 7.22. The molecule has 1 rings (SSSR count). The van der Waals surface area contributed by atoms with Crippen molar-refractivity contribution in [2.45, 2.75) is 26.2 Å². The Kier molecular flexibility index (Phi) is 8.13. The molecule has 118 valence electrons. The minimum absolute atomic E-state index is 0.0806. The van der Waals surface area contributed by atoms with Crippen molar-refractivity contribution in [3.05, 3.63) is 29.8 Å². The van der Waals surface area contributed by atoms with Crippen LogP contribution < -0.4 is 15.4 Å². The highest BCUT2D eigenvalue weighted by Gasteiger charge is 2.03. The maximum atomic E-state index is 11.6. The molecule has 0 fully saturated rings. The van der Waals surface area contributed by atoms with Crippen molar-refractivity contribution < 1.29 is 14.3 Å². The number of rotatable bonds is 9. The minimum atomic E-state index is -0.330. The number of nitriles is 1. The van der Waals surface area contributed by atoms with Gasteiger partial charge in [0.1, 0.15) is 12.2 Å². The van der Waals surface area contributed by atoms with Gasteiger partial charge in [0.2, 0.25) is 11.8 Å². The van der Waals surface area contributed by atoms with Crippen LogP contribution in [-0.4, -0.2) is 31.5 Å². The topological polar surface area (TPSA) is 91.2 Å². The number of hydrogen-bond donors (Lipinski definition) is 2. The van der Waals surface area contributed by atoms with Crippen molar-refractivity contribution in [2.24, 2.45) is 0 Å². The molecule has 0 aliphatic heterocycles. The van der Waals surface area contributed by atoms with E-state index in [9.17, 15) is 9.59 Å². The third-order valence-electron chi connectivity index (χ3n) is 2.91. The van der Waals surface area contributed by atoms with Gasteiger partial charge in [0, 0.05) is 19.5 Å². The lowest BCUT2D eigenvalue weighted by atomic mass is 10.2. The largest absolute Gasteiger partial charge is 0.493 e. The van der Waals surface area contributed by atoms with Crippen LogP contribution in [0.5, 0.6) is 5.75 Å². The normalized spacial score (nSPS) is 9.64. The molecular formula is C16H21N3O3. The zero-order valence-electron chi connectivity index (χ0n) is 12.7. The van der Waals surface area contributed by atoms with Crippen molar-refractivity contribution >= 4 is 11.8 Å². The Bertz CT molecular complexity index is 538. The number of carbonyl (C=O) groups excluding carboxylic acids is 2. The molecule has 0 aliphatic rings. The fraction of sp³-hybridized carbons (Fsp3) is 0.438. The lowest BCUT2D eigenvalue weighted by molar-refractivity contribution is -0.122. The van der Waals surface area contributed by atoms with E-state index in [0.29, 0.717) is 32.5 Å². The lowest BCUT2D eigenvalue weighted by Crippen LogP contribution is -2.34.